The Kier molecular flexibility index (Phi) is 10.1. The lowest BCUT2D eigenvalue weighted by Crippen LogP contribution is -2.49. The molecule has 1 aliphatic heterocycles. The van der Waals surface area contributed by atoms with Gasteiger partial charge in [-0.2, -0.15) is 0 Å². The molecule has 0 aromatic heterocycles. The second-order valence-electron chi connectivity index (χ2n) is 11.0. The highest BCUT2D eigenvalue weighted by Crippen LogP contribution is 2.47. The standard InChI is InChI=1S/C31H43ClN2O4/c1-3-22-9-6-11-26(19-22)38-29-27(12-7-13-28(29)32)31(36,16-4-5-18-37-2)24-10-8-17-34(21-24)30(35)23-14-15-25(33)20-23/h6-7,9,11-13,19,23-25,36H,3-5,8,10,14-18,20-21,33H2,1-2H3. The minimum atomic E-state index is -1.21. The van der Waals surface area contributed by atoms with Gasteiger partial charge in [-0.15, -0.1) is 0 Å². The van der Waals surface area contributed by atoms with Crippen LogP contribution < -0.4 is 10.5 Å². The number of hydrogen-bond acceptors (Lipinski definition) is 5. The van der Waals surface area contributed by atoms with Crippen molar-refractivity contribution >= 4 is 17.5 Å². The topological polar surface area (TPSA) is 85.0 Å². The third-order valence-electron chi connectivity index (χ3n) is 8.35. The first kappa shape index (κ1) is 28.9. The molecule has 4 atom stereocenters. The van der Waals surface area contributed by atoms with Crippen molar-refractivity contribution in [1.82, 2.24) is 4.90 Å². The van der Waals surface area contributed by atoms with Gasteiger partial charge < -0.3 is 25.2 Å². The fourth-order valence-corrected chi connectivity index (χ4v) is 6.38. The maximum atomic E-state index is 13.4. The van der Waals surface area contributed by atoms with E-state index in [2.05, 4.69) is 13.0 Å². The van der Waals surface area contributed by atoms with Crippen molar-refractivity contribution in [2.45, 2.75) is 76.4 Å². The van der Waals surface area contributed by atoms with Crippen LogP contribution in [0.5, 0.6) is 11.5 Å². The second kappa shape index (κ2) is 13.3. The van der Waals surface area contributed by atoms with E-state index in [1.165, 1.54) is 5.56 Å². The zero-order valence-corrected chi connectivity index (χ0v) is 23.6. The van der Waals surface area contributed by atoms with Crippen LogP contribution >= 0.6 is 11.6 Å². The molecule has 3 N–H and O–H groups in total. The van der Waals surface area contributed by atoms with E-state index in [1.54, 1.807) is 13.2 Å². The fraction of sp³-hybridized carbons (Fsp3) is 0.581. The van der Waals surface area contributed by atoms with Crippen LogP contribution in [0.15, 0.2) is 42.5 Å². The van der Waals surface area contributed by atoms with Gasteiger partial charge in [0.25, 0.3) is 0 Å². The van der Waals surface area contributed by atoms with E-state index in [-0.39, 0.29) is 23.8 Å². The van der Waals surface area contributed by atoms with Gasteiger partial charge in [0.15, 0.2) is 5.75 Å². The summed E-state index contributed by atoms with van der Waals surface area (Å²) in [5.74, 6) is 1.22. The third-order valence-corrected chi connectivity index (χ3v) is 8.64. The number of para-hydroxylation sites is 1. The molecule has 2 aliphatic rings. The lowest BCUT2D eigenvalue weighted by atomic mass is 9.73. The Labute approximate surface area is 232 Å². The summed E-state index contributed by atoms with van der Waals surface area (Å²) in [6.45, 7) is 3.98. The molecule has 1 amide bonds. The number of ether oxygens (including phenoxy) is 2. The number of nitrogens with two attached hydrogens (primary N) is 1. The highest BCUT2D eigenvalue weighted by molar-refractivity contribution is 6.32. The summed E-state index contributed by atoms with van der Waals surface area (Å²) in [5, 5.41) is 13.0. The van der Waals surface area contributed by atoms with Crippen LogP contribution in [0.4, 0.5) is 0 Å². The average Bonchev–Trinajstić information content (AvgIpc) is 3.38. The van der Waals surface area contributed by atoms with Crippen molar-refractivity contribution in [1.29, 1.82) is 0 Å². The summed E-state index contributed by atoms with van der Waals surface area (Å²) < 4.78 is 11.7. The van der Waals surface area contributed by atoms with Gasteiger partial charge in [-0.05, 0) is 81.5 Å². The number of likely N-dealkylation sites (tertiary alicyclic amines) is 1. The first-order chi connectivity index (χ1) is 18.4. The summed E-state index contributed by atoms with van der Waals surface area (Å²) in [4.78, 5) is 15.4. The molecule has 208 valence electrons. The molecular formula is C31H43ClN2O4. The molecule has 1 heterocycles. The molecule has 1 aliphatic carbocycles. The minimum absolute atomic E-state index is 0.00514. The van der Waals surface area contributed by atoms with E-state index in [9.17, 15) is 9.90 Å². The predicted octanol–water partition coefficient (Wildman–Crippen LogP) is 6.07. The molecular weight excluding hydrogens is 500 g/mol. The third kappa shape index (κ3) is 6.71. The quantitative estimate of drug-likeness (QED) is 0.337. The van der Waals surface area contributed by atoms with E-state index in [4.69, 9.17) is 26.8 Å². The van der Waals surface area contributed by atoms with Crippen LogP contribution in [0.2, 0.25) is 5.02 Å². The van der Waals surface area contributed by atoms with Gasteiger partial charge in [-0.3, -0.25) is 4.79 Å². The summed E-state index contributed by atoms with van der Waals surface area (Å²) in [7, 11) is 1.69. The first-order valence-corrected chi connectivity index (χ1v) is 14.5. The van der Waals surface area contributed by atoms with E-state index in [1.807, 2.05) is 35.2 Å². The Balaban J connectivity index is 1.65. The predicted molar refractivity (Wildman–Crippen MR) is 152 cm³/mol. The van der Waals surface area contributed by atoms with Crippen molar-refractivity contribution in [2.75, 3.05) is 26.8 Å². The lowest BCUT2D eigenvalue weighted by molar-refractivity contribution is -0.141. The molecule has 2 fully saturated rings. The molecule has 0 bridgehead atoms. The van der Waals surface area contributed by atoms with Gasteiger partial charge in [-0.1, -0.05) is 42.8 Å². The Morgan fingerprint density at radius 3 is 2.74 bits per heavy atom. The number of aliphatic hydroxyl groups is 1. The molecule has 38 heavy (non-hydrogen) atoms. The van der Waals surface area contributed by atoms with Crippen molar-refractivity contribution < 1.29 is 19.4 Å². The van der Waals surface area contributed by atoms with Gasteiger partial charge in [0.2, 0.25) is 5.91 Å². The largest absolute Gasteiger partial charge is 0.455 e. The van der Waals surface area contributed by atoms with Crippen LogP contribution in [-0.2, 0) is 21.6 Å². The summed E-state index contributed by atoms with van der Waals surface area (Å²) in [6.07, 6.45) is 7.23. The second-order valence-corrected chi connectivity index (χ2v) is 11.4. The van der Waals surface area contributed by atoms with Gasteiger partial charge in [0, 0.05) is 50.2 Å². The van der Waals surface area contributed by atoms with E-state index in [0.29, 0.717) is 41.7 Å². The van der Waals surface area contributed by atoms with Crippen LogP contribution in [0, 0.1) is 11.8 Å². The molecule has 7 heteroatoms. The van der Waals surface area contributed by atoms with Crippen molar-refractivity contribution in [3.63, 3.8) is 0 Å². The lowest BCUT2D eigenvalue weighted by Gasteiger charge is -2.44. The van der Waals surface area contributed by atoms with Crippen molar-refractivity contribution in [2.24, 2.45) is 17.6 Å². The number of piperidine rings is 1. The number of aryl methyl sites for hydroxylation is 1. The van der Waals surface area contributed by atoms with Crippen molar-refractivity contribution in [3.8, 4) is 11.5 Å². The van der Waals surface area contributed by atoms with Crippen LogP contribution in [-0.4, -0.2) is 48.8 Å². The normalized spacial score (nSPS) is 23.3. The molecule has 4 unspecified atom stereocenters. The molecule has 0 radical (unpaired) electrons. The number of methoxy groups -OCH3 is 1. The molecule has 2 aromatic rings. The number of amides is 1. The number of rotatable bonds is 11. The number of benzene rings is 2. The van der Waals surface area contributed by atoms with Gasteiger partial charge in [-0.25, -0.2) is 0 Å². The monoisotopic (exact) mass is 542 g/mol. The zero-order chi connectivity index (χ0) is 27.1. The van der Waals surface area contributed by atoms with Gasteiger partial charge in [0.1, 0.15) is 5.75 Å². The van der Waals surface area contributed by atoms with Crippen LogP contribution in [0.1, 0.15) is 69.4 Å². The number of carbonyl (C=O) groups excluding carboxylic acids is 1. The highest BCUT2D eigenvalue weighted by Gasteiger charge is 2.44. The minimum Gasteiger partial charge on any atom is -0.455 e. The number of hydrogen-bond donors (Lipinski definition) is 2. The molecule has 2 aromatic carbocycles. The summed E-state index contributed by atoms with van der Waals surface area (Å²) >= 11 is 6.73. The number of carbonyl (C=O) groups is 1. The molecule has 4 rings (SSSR count). The fourth-order valence-electron chi connectivity index (χ4n) is 6.17. The summed E-state index contributed by atoms with van der Waals surface area (Å²) in [5.41, 5.74) is 6.75. The van der Waals surface area contributed by atoms with Crippen molar-refractivity contribution in [3.05, 3.63) is 58.6 Å². The average molecular weight is 543 g/mol. The van der Waals surface area contributed by atoms with Gasteiger partial charge >= 0.3 is 0 Å². The van der Waals surface area contributed by atoms with Crippen LogP contribution in [0.25, 0.3) is 0 Å². The Morgan fingerprint density at radius 1 is 1.18 bits per heavy atom. The molecule has 6 nitrogen and oxygen atoms in total. The van der Waals surface area contributed by atoms with E-state index in [0.717, 1.165) is 57.9 Å². The Morgan fingerprint density at radius 2 is 2.00 bits per heavy atom. The Hall–Kier alpha value is -2.12. The molecule has 1 saturated heterocycles. The van der Waals surface area contributed by atoms with E-state index >= 15 is 0 Å². The smallest absolute Gasteiger partial charge is 0.225 e. The number of halogens is 1. The summed E-state index contributed by atoms with van der Waals surface area (Å²) in [6, 6.07) is 13.7. The number of unbranched alkanes of at least 4 members (excludes halogenated alkanes) is 1. The van der Waals surface area contributed by atoms with E-state index < -0.39 is 5.60 Å². The highest BCUT2D eigenvalue weighted by atomic mass is 35.5. The maximum absolute atomic E-state index is 13.4. The first-order valence-electron chi connectivity index (χ1n) is 14.2. The number of nitrogens with zero attached hydrogens (tertiary/aromatic N) is 1. The zero-order valence-electron chi connectivity index (χ0n) is 22.8. The molecule has 0 spiro atoms. The maximum Gasteiger partial charge on any atom is 0.225 e. The Bertz CT molecular complexity index is 1080. The molecule has 1 saturated carbocycles. The van der Waals surface area contributed by atoms with Gasteiger partial charge in [0.05, 0.1) is 10.6 Å². The SMILES string of the molecule is CCc1cccc(Oc2c(Cl)cccc2C(O)(CCCCOC)C2CCCN(C(=O)C3CCC(N)C3)C2)c1. The van der Waals surface area contributed by atoms with Crippen LogP contribution in [0.3, 0.4) is 0 Å².